The summed E-state index contributed by atoms with van der Waals surface area (Å²) in [5.41, 5.74) is 3.84. The summed E-state index contributed by atoms with van der Waals surface area (Å²) >= 11 is 0. The molecule has 0 saturated carbocycles. The molecular formula is C15H17N3. The van der Waals surface area contributed by atoms with Crippen LogP contribution >= 0.6 is 0 Å². The zero-order valence-electron chi connectivity index (χ0n) is 10.8. The van der Waals surface area contributed by atoms with Gasteiger partial charge in [-0.25, -0.2) is 9.97 Å². The zero-order chi connectivity index (χ0) is 12.5. The predicted octanol–water partition coefficient (Wildman–Crippen LogP) is 2.90. The first-order valence-corrected chi connectivity index (χ1v) is 6.45. The Morgan fingerprint density at radius 2 is 2.11 bits per heavy atom. The van der Waals surface area contributed by atoms with Crippen molar-refractivity contribution in [1.82, 2.24) is 9.97 Å². The van der Waals surface area contributed by atoms with Crippen molar-refractivity contribution in [3.05, 3.63) is 53.0 Å². The van der Waals surface area contributed by atoms with Crippen molar-refractivity contribution >= 4 is 5.82 Å². The van der Waals surface area contributed by atoms with E-state index in [4.69, 9.17) is 0 Å². The fraction of sp³-hybridized carbons (Fsp3) is 0.333. The Labute approximate surface area is 107 Å². The summed E-state index contributed by atoms with van der Waals surface area (Å²) in [7, 11) is 0. The van der Waals surface area contributed by atoms with E-state index in [9.17, 15) is 0 Å². The molecule has 3 nitrogen and oxygen atoms in total. The van der Waals surface area contributed by atoms with Gasteiger partial charge in [0.25, 0.3) is 0 Å². The highest BCUT2D eigenvalue weighted by molar-refractivity contribution is 5.46. The van der Waals surface area contributed by atoms with Crippen molar-refractivity contribution in [2.45, 2.75) is 26.2 Å². The molecule has 0 amide bonds. The Balaban J connectivity index is 1.95. The summed E-state index contributed by atoms with van der Waals surface area (Å²) in [5, 5.41) is 3.26. The molecule has 0 bridgehead atoms. The van der Waals surface area contributed by atoms with Gasteiger partial charge in [0.2, 0.25) is 0 Å². The summed E-state index contributed by atoms with van der Waals surface area (Å²) in [4.78, 5) is 9.21. The number of nitrogens with one attached hydrogen (secondary N) is 1. The number of nitrogens with zero attached hydrogens (tertiary/aromatic N) is 2. The molecule has 0 fully saturated rings. The highest BCUT2D eigenvalue weighted by Gasteiger charge is 2.29. The second-order valence-electron chi connectivity index (χ2n) is 4.74. The Bertz CT molecular complexity index is 578. The summed E-state index contributed by atoms with van der Waals surface area (Å²) in [6.45, 7) is 4.99. The van der Waals surface area contributed by atoms with Gasteiger partial charge in [-0.2, -0.15) is 0 Å². The smallest absolute Gasteiger partial charge is 0.138 e. The van der Waals surface area contributed by atoms with Gasteiger partial charge >= 0.3 is 0 Å². The average Bonchev–Trinajstić information content (AvgIpc) is 2.30. The summed E-state index contributed by atoms with van der Waals surface area (Å²) in [5.74, 6) is 2.26. The van der Waals surface area contributed by atoms with Gasteiger partial charge in [-0.1, -0.05) is 24.3 Å². The van der Waals surface area contributed by atoms with Crippen LogP contribution in [0.5, 0.6) is 0 Å². The Kier molecular flexibility index (Phi) is 2.74. The van der Waals surface area contributed by atoms with E-state index in [-0.39, 0.29) is 0 Å². The van der Waals surface area contributed by atoms with Gasteiger partial charge in [0.15, 0.2) is 0 Å². The van der Waals surface area contributed by atoms with Crippen LogP contribution in [0, 0.1) is 6.92 Å². The first-order chi connectivity index (χ1) is 8.78. The van der Waals surface area contributed by atoms with E-state index < -0.39 is 0 Å². The first kappa shape index (κ1) is 11.2. The molecule has 0 radical (unpaired) electrons. The lowest BCUT2D eigenvalue weighted by Gasteiger charge is -2.29. The number of aromatic nitrogens is 2. The van der Waals surface area contributed by atoms with E-state index in [0.29, 0.717) is 5.92 Å². The molecule has 0 aliphatic heterocycles. The first-order valence-electron chi connectivity index (χ1n) is 6.45. The van der Waals surface area contributed by atoms with Crippen molar-refractivity contribution in [2.75, 3.05) is 11.9 Å². The molecule has 0 spiro atoms. The van der Waals surface area contributed by atoms with E-state index in [0.717, 1.165) is 30.3 Å². The molecule has 1 aliphatic carbocycles. The maximum absolute atomic E-state index is 4.62. The highest BCUT2D eigenvalue weighted by atomic mass is 15.0. The van der Waals surface area contributed by atoms with Crippen LogP contribution in [-0.4, -0.2) is 16.5 Å². The van der Waals surface area contributed by atoms with Gasteiger partial charge in [0.1, 0.15) is 11.6 Å². The van der Waals surface area contributed by atoms with E-state index in [1.54, 1.807) is 0 Å². The summed E-state index contributed by atoms with van der Waals surface area (Å²) in [6.07, 6.45) is 1.06. The van der Waals surface area contributed by atoms with Crippen molar-refractivity contribution in [3.63, 3.8) is 0 Å². The van der Waals surface area contributed by atoms with E-state index in [1.807, 2.05) is 13.0 Å². The number of hydrogen-bond acceptors (Lipinski definition) is 3. The molecule has 1 aromatic carbocycles. The number of fused-ring (bicyclic) bond motifs is 1. The molecule has 2 aromatic rings. The zero-order valence-corrected chi connectivity index (χ0v) is 10.8. The quantitative estimate of drug-likeness (QED) is 0.895. The summed E-state index contributed by atoms with van der Waals surface area (Å²) < 4.78 is 0. The third-order valence-electron chi connectivity index (χ3n) is 3.40. The van der Waals surface area contributed by atoms with Crippen LogP contribution in [0.2, 0.25) is 0 Å². The van der Waals surface area contributed by atoms with Gasteiger partial charge in [-0.05, 0) is 31.4 Å². The van der Waals surface area contributed by atoms with Crippen LogP contribution in [0.3, 0.4) is 0 Å². The second-order valence-corrected chi connectivity index (χ2v) is 4.74. The Hall–Kier alpha value is -1.90. The molecule has 1 aliphatic rings. The number of aryl methyl sites for hydroxylation is 1. The Morgan fingerprint density at radius 3 is 2.89 bits per heavy atom. The SMILES string of the molecule is CCNc1cc(C)nc(C2Cc3ccccc32)n1. The molecule has 1 N–H and O–H groups in total. The van der Waals surface area contributed by atoms with Gasteiger partial charge < -0.3 is 5.32 Å². The van der Waals surface area contributed by atoms with Gasteiger partial charge in [-0.3, -0.25) is 0 Å². The van der Waals surface area contributed by atoms with Gasteiger partial charge in [0.05, 0.1) is 0 Å². The van der Waals surface area contributed by atoms with Crippen LogP contribution in [0.1, 0.15) is 35.5 Å². The fourth-order valence-electron chi connectivity index (χ4n) is 2.51. The normalized spacial score (nSPS) is 16.9. The molecule has 0 saturated heterocycles. The second kappa shape index (κ2) is 4.41. The van der Waals surface area contributed by atoms with E-state index in [1.165, 1.54) is 11.1 Å². The topological polar surface area (TPSA) is 37.8 Å². The van der Waals surface area contributed by atoms with Crippen molar-refractivity contribution in [3.8, 4) is 0 Å². The standard InChI is InChI=1S/C15H17N3/c1-3-16-14-8-10(2)17-15(18-14)13-9-11-6-4-5-7-12(11)13/h4-8,13H,3,9H2,1-2H3,(H,16,17,18). The molecule has 3 rings (SSSR count). The molecule has 1 unspecified atom stereocenters. The van der Waals surface area contributed by atoms with Crippen LogP contribution in [-0.2, 0) is 6.42 Å². The summed E-state index contributed by atoms with van der Waals surface area (Å²) in [6, 6.07) is 10.6. The fourth-order valence-corrected chi connectivity index (χ4v) is 2.51. The monoisotopic (exact) mass is 239 g/mol. The molecule has 3 heteroatoms. The average molecular weight is 239 g/mol. The molecule has 1 aromatic heterocycles. The number of benzene rings is 1. The van der Waals surface area contributed by atoms with Crippen molar-refractivity contribution < 1.29 is 0 Å². The minimum Gasteiger partial charge on any atom is -0.370 e. The molecular weight excluding hydrogens is 222 g/mol. The maximum Gasteiger partial charge on any atom is 0.138 e. The van der Waals surface area contributed by atoms with E-state index >= 15 is 0 Å². The molecule has 1 heterocycles. The number of rotatable bonds is 3. The largest absolute Gasteiger partial charge is 0.370 e. The predicted molar refractivity (Wildman–Crippen MR) is 72.9 cm³/mol. The van der Waals surface area contributed by atoms with Crippen molar-refractivity contribution in [1.29, 1.82) is 0 Å². The van der Waals surface area contributed by atoms with Crippen LogP contribution in [0.25, 0.3) is 0 Å². The number of anilines is 1. The number of hydrogen-bond donors (Lipinski definition) is 1. The molecule has 1 atom stereocenters. The minimum atomic E-state index is 0.374. The highest BCUT2D eigenvalue weighted by Crippen LogP contribution is 2.38. The van der Waals surface area contributed by atoms with Crippen LogP contribution in [0.15, 0.2) is 30.3 Å². The lowest BCUT2D eigenvalue weighted by molar-refractivity contribution is 0.657. The third kappa shape index (κ3) is 1.86. The molecule has 92 valence electrons. The lowest BCUT2D eigenvalue weighted by atomic mass is 9.77. The Morgan fingerprint density at radius 1 is 1.28 bits per heavy atom. The molecule has 18 heavy (non-hydrogen) atoms. The van der Waals surface area contributed by atoms with Gasteiger partial charge in [0, 0.05) is 24.2 Å². The lowest BCUT2D eigenvalue weighted by Crippen LogP contribution is -2.21. The van der Waals surface area contributed by atoms with Gasteiger partial charge in [-0.15, -0.1) is 0 Å². The van der Waals surface area contributed by atoms with Crippen LogP contribution < -0.4 is 5.32 Å². The minimum absolute atomic E-state index is 0.374. The maximum atomic E-state index is 4.62. The van der Waals surface area contributed by atoms with Crippen LogP contribution in [0.4, 0.5) is 5.82 Å². The third-order valence-corrected chi connectivity index (χ3v) is 3.40. The van der Waals surface area contributed by atoms with Crippen molar-refractivity contribution in [2.24, 2.45) is 0 Å². The van der Waals surface area contributed by atoms with E-state index in [2.05, 4.69) is 46.5 Å².